The molecular weight excluding hydrogens is 248 g/mol. The molecule has 0 atom stereocenters. The zero-order chi connectivity index (χ0) is 13.0. The Morgan fingerprint density at radius 3 is 2.83 bits per heavy atom. The Morgan fingerprint density at radius 1 is 1.39 bits per heavy atom. The second-order valence-electron chi connectivity index (χ2n) is 4.82. The molecule has 98 valence electrons. The number of halogens is 1. The summed E-state index contributed by atoms with van der Waals surface area (Å²) in [6.07, 6.45) is 3.54. The van der Waals surface area contributed by atoms with E-state index in [0.717, 1.165) is 24.6 Å². The van der Waals surface area contributed by atoms with Crippen LogP contribution in [0, 0.1) is 6.92 Å². The van der Waals surface area contributed by atoms with Gasteiger partial charge in [0, 0.05) is 12.6 Å². The van der Waals surface area contributed by atoms with Crippen LogP contribution in [0.5, 0.6) is 0 Å². The molecule has 1 aromatic carbocycles. The molecule has 0 bridgehead atoms. The van der Waals surface area contributed by atoms with Crippen molar-refractivity contribution in [3.63, 3.8) is 0 Å². The lowest BCUT2D eigenvalue weighted by Gasteiger charge is -2.07. The van der Waals surface area contributed by atoms with Gasteiger partial charge in [0.15, 0.2) is 0 Å². The summed E-state index contributed by atoms with van der Waals surface area (Å²) >= 11 is 6.04. The Labute approximate surface area is 113 Å². The number of carbonyl (C=O) groups excluding carboxylic acids is 1. The highest BCUT2D eigenvalue weighted by Gasteiger charge is 2.19. The fraction of sp³-hybridized carbons (Fsp3) is 0.500. The standard InChI is InChI=1S/C14H19ClN2O/c1-10-3-6-12(13(15)9-10)14(18)17-8-2-7-16-11-4-5-11/h3,6,9,11,16H,2,4-5,7-8H2,1H3,(H,17,18). The number of carbonyl (C=O) groups is 1. The van der Waals surface area contributed by atoms with E-state index in [9.17, 15) is 4.79 Å². The highest BCUT2D eigenvalue weighted by Crippen LogP contribution is 2.18. The third-order valence-electron chi connectivity index (χ3n) is 3.02. The summed E-state index contributed by atoms with van der Waals surface area (Å²) in [5.41, 5.74) is 1.61. The van der Waals surface area contributed by atoms with Crippen LogP contribution in [0.1, 0.15) is 35.2 Å². The van der Waals surface area contributed by atoms with E-state index >= 15 is 0 Å². The fourth-order valence-corrected chi connectivity index (χ4v) is 2.10. The predicted octanol–water partition coefficient (Wildman–Crippen LogP) is 2.52. The summed E-state index contributed by atoms with van der Waals surface area (Å²) in [5.74, 6) is -0.0913. The normalized spacial score (nSPS) is 14.6. The first-order valence-electron chi connectivity index (χ1n) is 6.44. The molecule has 0 unspecified atom stereocenters. The molecule has 4 heteroatoms. The third-order valence-corrected chi connectivity index (χ3v) is 3.33. The molecule has 0 heterocycles. The number of hydrogen-bond donors (Lipinski definition) is 2. The van der Waals surface area contributed by atoms with E-state index in [-0.39, 0.29) is 5.91 Å². The third kappa shape index (κ3) is 4.00. The Morgan fingerprint density at radius 2 is 2.17 bits per heavy atom. The number of benzene rings is 1. The molecule has 0 aromatic heterocycles. The van der Waals surface area contributed by atoms with Crippen LogP contribution in [-0.4, -0.2) is 25.0 Å². The van der Waals surface area contributed by atoms with Crippen LogP contribution in [0.25, 0.3) is 0 Å². The first-order chi connectivity index (χ1) is 8.66. The van der Waals surface area contributed by atoms with Gasteiger partial charge in [0.05, 0.1) is 10.6 Å². The van der Waals surface area contributed by atoms with Gasteiger partial charge in [0.1, 0.15) is 0 Å². The van der Waals surface area contributed by atoms with Crippen LogP contribution in [0.15, 0.2) is 18.2 Å². The second-order valence-corrected chi connectivity index (χ2v) is 5.23. The fourth-order valence-electron chi connectivity index (χ4n) is 1.78. The van der Waals surface area contributed by atoms with Gasteiger partial charge >= 0.3 is 0 Å². The van der Waals surface area contributed by atoms with Crippen molar-refractivity contribution in [3.8, 4) is 0 Å². The van der Waals surface area contributed by atoms with Crippen molar-refractivity contribution >= 4 is 17.5 Å². The summed E-state index contributed by atoms with van der Waals surface area (Å²) in [7, 11) is 0. The number of amides is 1. The predicted molar refractivity (Wildman–Crippen MR) is 74.2 cm³/mol. The molecule has 0 spiro atoms. The summed E-state index contributed by atoms with van der Waals surface area (Å²) < 4.78 is 0. The van der Waals surface area contributed by atoms with Gasteiger partial charge in [0.25, 0.3) is 5.91 Å². The van der Waals surface area contributed by atoms with Crippen LogP contribution >= 0.6 is 11.6 Å². The molecular formula is C14H19ClN2O. The van der Waals surface area contributed by atoms with Gasteiger partial charge in [0.2, 0.25) is 0 Å². The van der Waals surface area contributed by atoms with E-state index in [1.165, 1.54) is 12.8 Å². The first-order valence-corrected chi connectivity index (χ1v) is 6.82. The van der Waals surface area contributed by atoms with Crippen LogP contribution < -0.4 is 10.6 Å². The van der Waals surface area contributed by atoms with E-state index in [0.29, 0.717) is 17.1 Å². The lowest BCUT2D eigenvalue weighted by atomic mass is 10.1. The van der Waals surface area contributed by atoms with Gasteiger partial charge in [-0.1, -0.05) is 17.7 Å². The molecule has 1 fully saturated rings. The van der Waals surface area contributed by atoms with Crippen LogP contribution in [0.2, 0.25) is 5.02 Å². The SMILES string of the molecule is Cc1ccc(C(=O)NCCCNC2CC2)c(Cl)c1. The highest BCUT2D eigenvalue weighted by atomic mass is 35.5. The zero-order valence-corrected chi connectivity index (χ0v) is 11.4. The number of rotatable bonds is 6. The van der Waals surface area contributed by atoms with Crippen LogP contribution in [0.3, 0.4) is 0 Å². The van der Waals surface area contributed by atoms with Crippen LogP contribution in [-0.2, 0) is 0 Å². The summed E-state index contributed by atoms with van der Waals surface area (Å²) in [4.78, 5) is 11.9. The van der Waals surface area contributed by atoms with Crippen molar-refractivity contribution in [1.82, 2.24) is 10.6 Å². The molecule has 1 aromatic rings. The summed E-state index contributed by atoms with van der Waals surface area (Å²) in [6, 6.07) is 6.21. The Kier molecular flexibility index (Phi) is 4.61. The maximum absolute atomic E-state index is 11.9. The average Bonchev–Trinajstić information content (AvgIpc) is 3.12. The monoisotopic (exact) mass is 266 g/mol. The minimum absolute atomic E-state index is 0.0913. The van der Waals surface area contributed by atoms with Crippen molar-refractivity contribution in [2.24, 2.45) is 0 Å². The maximum atomic E-state index is 11.9. The molecule has 2 rings (SSSR count). The van der Waals surface area contributed by atoms with Gasteiger partial charge in [-0.3, -0.25) is 4.79 Å². The molecule has 3 nitrogen and oxygen atoms in total. The van der Waals surface area contributed by atoms with Crippen molar-refractivity contribution in [2.75, 3.05) is 13.1 Å². The maximum Gasteiger partial charge on any atom is 0.252 e. The summed E-state index contributed by atoms with van der Waals surface area (Å²) in [6.45, 7) is 3.60. The number of aryl methyl sites for hydroxylation is 1. The Hall–Kier alpha value is -1.06. The van der Waals surface area contributed by atoms with Gasteiger partial charge in [-0.25, -0.2) is 0 Å². The molecule has 1 aliphatic carbocycles. The lowest BCUT2D eigenvalue weighted by molar-refractivity contribution is 0.0953. The largest absolute Gasteiger partial charge is 0.352 e. The van der Waals surface area contributed by atoms with Crippen LogP contribution in [0.4, 0.5) is 0 Å². The molecule has 1 amide bonds. The summed E-state index contributed by atoms with van der Waals surface area (Å²) in [5, 5.41) is 6.82. The topological polar surface area (TPSA) is 41.1 Å². The molecule has 1 saturated carbocycles. The van der Waals surface area contributed by atoms with Crippen molar-refractivity contribution in [3.05, 3.63) is 34.3 Å². The van der Waals surface area contributed by atoms with E-state index in [2.05, 4.69) is 10.6 Å². The molecule has 18 heavy (non-hydrogen) atoms. The van der Waals surface area contributed by atoms with Crippen molar-refractivity contribution < 1.29 is 4.79 Å². The highest BCUT2D eigenvalue weighted by molar-refractivity contribution is 6.33. The number of hydrogen-bond acceptors (Lipinski definition) is 2. The Bertz CT molecular complexity index is 430. The quantitative estimate of drug-likeness (QED) is 0.777. The average molecular weight is 267 g/mol. The minimum Gasteiger partial charge on any atom is -0.352 e. The smallest absolute Gasteiger partial charge is 0.252 e. The Balaban J connectivity index is 1.72. The zero-order valence-electron chi connectivity index (χ0n) is 10.6. The van der Waals surface area contributed by atoms with E-state index < -0.39 is 0 Å². The second kappa shape index (κ2) is 6.21. The molecule has 1 aliphatic rings. The molecule has 2 N–H and O–H groups in total. The van der Waals surface area contributed by atoms with Gasteiger partial charge in [-0.2, -0.15) is 0 Å². The first kappa shape index (κ1) is 13.4. The van der Waals surface area contributed by atoms with Gasteiger partial charge < -0.3 is 10.6 Å². The molecule has 0 saturated heterocycles. The molecule has 0 aliphatic heterocycles. The molecule has 0 radical (unpaired) electrons. The van der Waals surface area contributed by atoms with E-state index in [1.807, 2.05) is 19.1 Å². The van der Waals surface area contributed by atoms with Gasteiger partial charge in [-0.05, 0) is 50.4 Å². The lowest BCUT2D eigenvalue weighted by Crippen LogP contribution is -2.28. The minimum atomic E-state index is -0.0913. The van der Waals surface area contributed by atoms with Gasteiger partial charge in [-0.15, -0.1) is 0 Å². The van der Waals surface area contributed by atoms with E-state index in [4.69, 9.17) is 11.6 Å². The van der Waals surface area contributed by atoms with Crippen molar-refractivity contribution in [2.45, 2.75) is 32.2 Å². The van der Waals surface area contributed by atoms with Crippen molar-refractivity contribution in [1.29, 1.82) is 0 Å². The number of nitrogens with one attached hydrogen (secondary N) is 2. The van der Waals surface area contributed by atoms with E-state index in [1.54, 1.807) is 6.07 Å².